The molecule has 0 aromatic carbocycles. The minimum absolute atomic E-state index is 0. The number of amides is 2. The molecule has 2 amide bonds. The summed E-state index contributed by atoms with van der Waals surface area (Å²) in [5.41, 5.74) is 0.627. The van der Waals surface area contributed by atoms with Gasteiger partial charge in [-0.2, -0.15) is 0 Å². The normalized spacial score (nSPS) is 17.4. The van der Waals surface area contributed by atoms with Crippen LogP contribution in [0.3, 0.4) is 0 Å². The van der Waals surface area contributed by atoms with Crippen molar-refractivity contribution in [2.75, 3.05) is 11.5 Å². The van der Waals surface area contributed by atoms with Gasteiger partial charge in [0.2, 0.25) is 5.91 Å². The number of rotatable bonds is 7. The van der Waals surface area contributed by atoms with E-state index in [1.165, 1.54) is 50.8 Å². The molecule has 35 heavy (non-hydrogen) atoms. The van der Waals surface area contributed by atoms with E-state index in [1.807, 2.05) is 6.92 Å². The van der Waals surface area contributed by atoms with Crippen molar-refractivity contribution in [1.82, 2.24) is 40.6 Å². The Kier molecular flexibility index (Phi) is 17.4. The number of nitrogens with zero attached hydrogens (tertiary/aromatic N) is 7. The third kappa shape index (κ3) is 8.15. The fraction of sp³-hybridized carbons (Fsp3) is 0.429. The average molecular weight is 569 g/mol. The van der Waals surface area contributed by atoms with Gasteiger partial charge in [-0.1, -0.05) is 23.1 Å². The molecule has 194 valence electrons. The Labute approximate surface area is 231 Å². The summed E-state index contributed by atoms with van der Waals surface area (Å²) in [7, 11) is 0. The van der Waals surface area contributed by atoms with Gasteiger partial charge in [0.25, 0.3) is 5.91 Å². The van der Waals surface area contributed by atoms with E-state index in [9.17, 15) is 19.5 Å². The van der Waals surface area contributed by atoms with E-state index in [1.54, 1.807) is 0 Å². The van der Waals surface area contributed by atoms with Crippen LogP contribution in [0.1, 0.15) is 5.01 Å². The SMILES string of the molecule is Cc1nnc(SCC2=C(C(=O)O)N3C(=O)[C@@H](NC(=O)Cn4cnnn4)[C@H]3SC2)s1.O.O.O.O.O.[NaH]. The number of hydrogen-bond acceptors (Lipinski definition) is 11. The van der Waals surface area contributed by atoms with Crippen LogP contribution in [-0.2, 0) is 20.9 Å². The fourth-order valence-corrected chi connectivity index (χ4v) is 6.20. The average Bonchev–Trinajstić information content (AvgIpc) is 3.35. The third-order valence-corrected chi connectivity index (χ3v) is 7.54. The van der Waals surface area contributed by atoms with Crippen molar-refractivity contribution < 1.29 is 46.9 Å². The maximum absolute atomic E-state index is 12.6. The van der Waals surface area contributed by atoms with Gasteiger partial charge in [-0.05, 0) is 22.9 Å². The van der Waals surface area contributed by atoms with E-state index in [-0.39, 0.29) is 69.2 Å². The summed E-state index contributed by atoms with van der Waals surface area (Å²) in [6.07, 6.45) is 1.29. The van der Waals surface area contributed by atoms with E-state index in [2.05, 4.69) is 31.0 Å². The Morgan fingerprint density at radius 2 is 1.91 bits per heavy atom. The van der Waals surface area contributed by atoms with E-state index in [0.29, 0.717) is 17.1 Å². The molecule has 2 aromatic heterocycles. The molecule has 1 fully saturated rings. The quantitative estimate of drug-likeness (QED) is 0.180. The number of thioether (sulfide) groups is 2. The molecule has 21 heteroatoms. The van der Waals surface area contributed by atoms with Crippen molar-refractivity contribution in [2.24, 2.45) is 0 Å². The number of fused-ring (bicyclic) bond motifs is 1. The number of carboxylic acid groups (broad SMARTS) is 1. The Morgan fingerprint density at radius 1 is 1.23 bits per heavy atom. The molecule has 17 nitrogen and oxygen atoms in total. The van der Waals surface area contributed by atoms with E-state index < -0.39 is 29.2 Å². The van der Waals surface area contributed by atoms with Crippen LogP contribution in [0.2, 0.25) is 0 Å². The number of aliphatic carboxylic acids is 1. The summed E-state index contributed by atoms with van der Waals surface area (Å²) < 4.78 is 1.98. The van der Waals surface area contributed by atoms with Gasteiger partial charge < -0.3 is 37.8 Å². The molecule has 2 atom stereocenters. The second kappa shape index (κ2) is 16.1. The van der Waals surface area contributed by atoms with Crippen molar-refractivity contribution in [3.8, 4) is 0 Å². The summed E-state index contributed by atoms with van der Waals surface area (Å²) >= 11 is 4.24. The summed E-state index contributed by atoms with van der Waals surface area (Å²) in [5, 5.41) is 31.1. The fourth-order valence-electron chi connectivity index (χ4n) is 2.90. The number of nitrogens with one attached hydrogen (secondary N) is 1. The van der Waals surface area contributed by atoms with Gasteiger partial charge in [0.1, 0.15) is 35.0 Å². The van der Waals surface area contributed by atoms with Crippen LogP contribution in [0, 0.1) is 6.92 Å². The number of carbonyl (C=O) groups is 3. The van der Waals surface area contributed by atoms with Gasteiger partial charge in [-0.25, -0.2) is 9.48 Å². The van der Waals surface area contributed by atoms with Gasteiger partial charge in [0, 0.05) is 11.5 Å². The topological polar surface area (TPSA) is 314 Å². The summed E-state index contributed by atoms with van der Waals surface area (Å²) in [6, 6.07) is -0.779. The Bertz CT molecular complexity index is 1010. The van der Waals surface area contributed by atoms with Crippen LogP contribution in [-0.4, -0.2) is 138 Å². The Morgan fingerprint density at radius 3 is 2.46 bits per heavy atom. The molecule has 4 heterocycles. The second-order valence-electron chi connectivity index (χ2n) is 6.10. The second-order valence-corrected chi connectivity index (χ2v) is 9.60. The first-order valence-corrected chi connectivity index (χ1v) is 11.1. The van der Waals surface area contributed by atoms with Crippen molar-refractivity contribution in [3.63, 3.8) is 0 Å². The van der Waals surface area contributed by atoms with E-state index in [4.69, 9.17) is 0 Å². The molecule has 0 radical (unpaired) electrons. The number of carboxylic acids is 1. The number of hydrogen-bond donors (Lipinski definition) is 2. The molecule has 0 saturated carbocycles. The first-order valence-electron chi connectivity index (χ1n) is 8.27. The molecule has 2 aliphatic rings. The standard InChI is InChI=1S/C14H14N8O4S3.Na.5H2O.H/c1-6-17-18-14(29-6)28-4-7-3-27-12-9(11(24)22(12)10(7)13(25)26)16-8(23)2-21-5-15-19-20-21;;;;;;;/h5,9,12H,2-4H2,1H3,(H,16,23)(H,25,26);;5*1H2;/t9-,12-;;;;;;;/m1......./s1. The van der Waals surface area contributed by atoms with Crippen molar-refractivity contribution in [1.29, 1.82) is 0 Å². The van der Waals surface area contributed by atoms with Gasteiger partial charge in [-0.15, -0.1) is 27.1 Å². The molecule has 12 N–H and O–H groups in total. The van der Waals surface area contributed by atoms with Gasteiger partial charge in [-0.3, -0.25) is 14.5 Å². The molecule has 0 spiro atoms. The number of aromatic nitrogens is 6. The minimum atomic E-state index is -1.16. The molecule has 0 bridgehead atoms. The monoisotopic (exact) mass is 568 g/mol. The predicted molar refractivity (Wildman–Crippen MR) is 128 cm³/mol. The van der Waals surface area contributed by atoms with Crippen molar-refractivity contribution >= 4 is 82.2 Å². The summed E-state index contributed by atoms with van der Waals surface area (Å²) in [5.74, 6) is -1.19. The number of aryl methyl sites for hydroxylation is 1. The van der Waals surface area contributed by atoms with E-state index in [0.717, 1.165) is 9.35 Å². The van der Waals surface area contributed by atoms with Crippen LogP contribution in [0.25, 0.3) is 0 Å². The van der Waals surface area contributed by atoms with Crippen LogP contribution in [0.5, 0.6) is 0 Å². The molecule has 4 rings (SSSR count). The number of carbonyl (C=O) groups excluding carboxylic acids is 2. The van der Waals surface area contributed by atoms with Gasteiger partial charge >= 0.3 is 35.5 Å². The number of β-lactam (4-membered cyclic amide) rings is 1. The Balaban J connectivity index is -0.00000171. The first kappa shape index (κ1) is 37.8. The summed E-state index contributed by atoms with van der Waals surface area (Å²) in [4.78, 5) is 37.8. The molecular formula is C14H25N8NaO9S3. The molecule has 1 saturated heterocycles. The molecule has 0 unspecified atom stereocenters. The first-order chi connectivity index (χ1) is 13.9. The van der Waals surface area contributed by atoms with Crippen molar-refractivity contribution in [2.45, 2.75) is 29.2 Å². The van der Waals surface area contributed by atoms with Gasteiger partial charge in [0.05, 0.1) is 0 Å². The predicted octanol–water partition coefficient (Wildman–Crippen LogP) is -5.41. The van der Waals surface area contributed by atoms with Crippen LogP contribution in [0.4, 0.5) is 0 Å². The van der Waals surface area contributed by atoms with Crippen LogP contribution >= 0.6 is 34.9 Å². The molecule has 0 aliphatic carbocycles. The molecule has 2 aliphatic heterocycles. The molecular weight excluding hydrogens is 543 g/mol. The number of tetrazole rings is 1. The van der Waals surface area contributed by atoms with Crippen LogP contribution in [0.15, 0.2) is 21.9 Å². The zero-order chi connectivity index (χ0) is 20.5. The van der Waals surface area contributed by atoms with Crippen LogP contribution < -0.4 is 5.32 Å². The maximum atomic E-state index is 12.6. The zero-order valence-corrected chi connectivity index (χ0v) is 19.8. The summed E-state index contributed by atoms with van der Waals surface area (Å²) in [6.45, 7) is 1.72. The third-order valence-electron chi connectivity index (χ3n) is 4.14. The van der Waals surface area contributed by atoms with Crippen molar-refractivity contribution in [3.05, 3.63) is 22.6 Å². The Hall–Kier alpha value is -1.72. The zero-order valence-electron chi connectivity index (χ0n) is 17.4. The van der Waals surface area contributed by atoms with E-state index >= 15 is 0 Å². The van der Waals surface area contributed by atoms with Gasteiger partial charge in [0.15, 0.2) is 4.34 Å². The molecule has 2 aromatic rings.